The number of hydrogen-bond acceptors (Lipinski definition) is 2. The Balaban J connectivity index is 2.41. The fourth-order valence-corrected chi connectivity index (χ4v) is 2.06. The van der Waals surface area contributed by atoms with Crippen molar-refractivity contribution in [2.45, 2.75) is 6.54 Å². The third-order valence-corrected chi connectivity index (χ3v) is 3.23. The molecule has 0 bridgehead atoms. The van der Waals surface area contributed by atoms with Crippen molar-refractivity contribution in [3.63, 3.8) is 0 Å². The first-order valence-electron chi connectivity index (χ1n) is 5.15. The van der Waals surface area contributed by atoms with Gasteiger partial charge in [0.25, 0.3) is 5.56 Å². The summed E-state index contributed by atoms with van der Waals surface area (Å²) in [6.45, 7) is 0.287. The zero-order valence-electron chi connectivity index (χ0n) is 9.23. The van der Waals surface area contributed by atoms with Gasteiger partial charge in [0, 0.05) is 10.7 Å². The van der Waals surface area contributed by atoms with Crippen LogP contribution in [0.2, 0.25) is 0 Å². The Kier molecular flexibility index (Phi) is 3.58. The Morgan fingerprint density at radius 1 is 1.39 bits per heavy atom. The quantitative estimate of drug-likeness (QED) is 0.856. The molecule has 0 fully saturated rings. The van der Waals surface area contributed by atoms with Gasteiger partial charge in [-0.3, -0.25) is 4.79 Å². The van der Waals surface area contributed by atoms with Gasteiger partial charge >= 0.3 is 0 Å². The summed E-state index contributed by atoms with van der Waals surface area (Å²) in [5.74, 6) is -0.344. The predicted octanol–water partition coefficient (Wildman–Crippen LogP) is 2.67. The third-order valence-electron chi connectivity index (χ3n) is 2.50. The molecule has 0 radical (unpaired) electrons. The molecule has 3 nitrogen and oxygen atoms in total. The summed E-state index contributed by atoms with van der Waals surface area (Å²) in [7, 11) is 0. The van der Waals surface area contributed by atoms with E-state index < -0.39 is 0 Å². The maximum absolute atomic E-state index is 12.9. The molecule has 5 heteroatoms. The van der Waals surface area contributed by atoms with Crippen LogP contribution in [0.3, 0.4) is 0 Å². The standard InChI is InChI=1S/C13H8BrFN2O/c14-12-6-11(15)4-3-10(12)8-17-5-1-2-9(7-16)13(17)18/h1-6H,8H2. The molecule has 90 valence electrons. The van der Waals surface area contributed by atoms with E-state index in [1.54, 1.807) is 18.3 Å². The first-order chi connectivity index (χ1) is 8.61. The zero-order chi connectivity index (χ0) is 13.1. The molecule has 0 unspecified atom stereocenters. The molecule has 0 atom stereocenters. The lowest BCUT2D eigenvalue weighted by Crippen LogP contribution is -2.22. The first kappa shape index (κ1) is 12.5. The summed E-state index contributed by atoms with van der Waals surface area (Å²) in [5.41, 5.74) is 0.514. The Hall–Kier alpha value is -1.93. The van der Waals surface area contributed by atoms with Gasteiger partial charge in [-0.25, -0.2) is 4.39 Å². The second-order valence-corrected chi connectivity index (χ2v) is 4.56. The minimum atomic E-state index is -0.351. The van der Waals surface area contributed by atoms with Crippen LogP contribution < -0.4 is 5.56 Å². The predicted molar refractivity (Wildman–Crippen MR) is 68.6 cm³/mol. The first-order valence-corrected chi connectivity index (χ1v) is 5.94. The number of benzene rings is 1. The number of halogens is 2. The molecule has 1 aromatic heterocycles. The van der Waals surface area contributed by atoms with Crippen LogP contribution in [-0.4, -0.2) is 4.57 Å². The van der Waals surface area contributed by atoms with Crippen molar-refractivity contribution in [2.24, 2.45) is 0 Å². The van der Waals surface area contributed by atoms with Gasteiger partial charge in [-0.1, -0.05) is 22.0 Å². The van der Waals surface area contributed by atoms with E-state index in [2.05, 4.69) is 15.9 Å². The molecular weight excluding hydrogens is 299 g/mol. The Morgan fingerprint density at radius 2 is 2.17 bits per heavy atom. The zero-order valence-corrected chi connectivity index (χ0v) is 10.8. The molecule has 0 saturated carbocycles. The molecule has 2 aromatic rings. The third kappa shape index (κ3) is 2.49. The van der Waals surface area contributed by atoms with E-state index in [-0.39, 0.29) is 23.5 Å². The average molecular weight is 307 g/mol. The van der Waals surface area contributed by atoms with Gasteiger partial charge in [0.05, 0.1) is 6.54 Å². The van der Waals surface area contributed by atoms with E-state index in [1.807, 2.05) is 6.07 Å². The number of aromatic nitrogens is 1. The van der Waals surface area contributed by atoms with Crippen molar-refractivity contribution < 1.29 is 4.39 Å². The number of hydrogen-bond donors (Lipinski definition) is 0. The number of rotatable bonds is 2. The second-order valence-electron chi connectivity index (χ2n) is 3.70. The SMILES string of the molecule is N#Cc1cccn(Cc2ccc(F)cc2Br)c1=O. The molecule has 1 aromatic carbocycles. The van der Waals surface area contributed by atoms with Gasteiger partial charge < -0.3 is 4.57 Å². The number of nitriles is 1. The molecule has 0 aliphatic rings. The van der Waals surface area contributed by atoms with Crippen LogP contribution in [0.25, 0.3) is 0 Å². The fraction of sp³-hybridized carbons (Fsp3) is 0.0769. The maximum atomic E-state index is 12.9. The van der Waals surface area contributed by atoms with Crippen molar-refractivity contribution in [1.29, 1.82) is 5.26 Å². The van der Waals surface area contributed by atoms with Gasteiger partial charge in [-0.05, 0) is 29.8 Å². The van der Waals surface area contributed by atoms with Crippen molar-refractivity contribution in [1.82, 2.24) is 4.57 Å². The van der Waals surface area contributed by atoms with E-state index >= 15 is 0 Å². The molecule has 0 spiro atoms. The monoisotopic (exact) mass is 306 g/mol. The van der Waals surface area contributed by atoms with Gasteiger partial charge in [-0.15, -0.1) is 0 Å². The minimum Gasteiger partial charge on any atom is -0.310 e. The van der Waals surface area contributed by atoms with Gasteiger partial charge in [-0.2, -0.15) is 5.26 Å². The summed E-state index contributed by atoms with van der Waals surface area (Å²) in [6.07, 6.45) is 1.60. The molecule has 0 amide bonds. The summed E-state index contributed by atoms with van der Waals surface area (Å²) in [4.78, 5) is 11.8. The molecule has 0 aliphatic heterocycles. The fourth-order valence-electron chi connectivity index (χ4n) is 1.58. The lowest BCUT2D eigenvalue weighted by Gasteiger charge is -2.07. The van der Waals surface area contributed by atoms with Crippen LogP contribution in [0.15, 0.2) is 45.8 Å². The van der Waals surface area contributed by atoms with Crippen LogP contribution in [0.5, 0.6) is 0 Å². The van der Waals surface area contributed by atoms with Gasteiger partial charge in [0.2, 0.25) is 0 Å². The lowest BCUT2D eigenvalue weighted by molar-refractivity contribution is 0.624. The van der Waals surface area contributed by atoms with Crippen molar-refractivity contribution in [3.05, 3.63) is 68.3 Å². The molecule has 2 rings (SSSR count). The van der Waals surface area contributed by atoms with Gasteiger partial charge in [0.1, 0.15) is 17.4 Å². The number of nitrogens with zero attached hydrogens (tertiary/aromatic N) is 2. The lowest BCUT2D eigenvalue weighted by atomic mass is 10.2. The highest BCUT2D eigenvalue weighted by atomic mass is 79.9. The van der Waals surface area contributed by atoms with Crippen LogP contribution in [0, 0.1) is 17.1 Å². The van der Waals surface area contributed by atoms with Crippen LogP contribution in [0.4, 0.5) is 4.39 Å². The molecule has 0 N–H and O–H groups in total. The Labute approximate surface area is 111 Å². The van der Waals surface area contributed by atoms with Gasteiger partial charge in [0.15, 0.2) is 0 Å². The molecule has 1 heterocycles. The number of pyridine rings is 1. The van der Waals surface area contributed by atoms with Crippen molar-refractivity contribution >= 4 is 15.9 Å². The second kappa shape index (κ2) is 5.15. The van der Waals surface area contributed by atoms with E-state index in [9.17, 15) is 9.18 Å². The van der Waals surface area contributed by atoms with E-state index in [0.29, 0.717) is 4.47 Å². The van der Waals surface area contributed by atoms with E-state index in [1.165, 1.54) is 22.8 Å². The van der Waals surface area contributed by atoms with E-state index in [4.69, 9.17) is 5.26 Å². The highest BCUT2D eigenvalue weighted by molar-refractivity contribution is 9.10. The maximum Gasteiger partial charge on any atom is 0.268 e. The molecule has 0 saturated heterocycles. The van der Waals surface area contributed by atoms with E-state index in [0.717, 1.165) is 5.56 Å². The Morgan fingerprint density at radius 3 is 2.83 bits per heavy atom. The van der Waals surface area contributed by atoms with Crippen molar-refractivity contribution in [3.8, 4) is 6.07 Å². The summed E-state index contributed by atoms with van der Waals surface area (Å²) in [6, 6.07) is 9.22. The largest absolute Gasteiger partial charge is 0.310 e. The molecule has 18 heavy (non-hydrogen) atoms. The summed E-state index contributed by atoms with van der Waals surface area (Å²) in [5, 5.41) is 8.78. The normalized spacial score (nSPS) is 10.1. The summed E-state index contributed by atoms with van der Waals surface area (Å²) >= 11 is 3.24. The average Bonchev–Trinajstić information content (AvgIpc) is 2.35. The highest BCUT2D eigenvalue weighted by Gasteiger charge is 2.06. The van der Waals surface area contributed by atoms with Crippen molar-refractivity contribution in [2.75, 3.05) is 0 Å². The summed E-state index contributed by atoms with van der Waals surface area (Å²) < 4.78 is 15.0. The topological polar surface area (TPSA) is 45.8 Å². The van der Waals surface area contributed by atoms with Crippen LogP contribution in [0.1, 0.15) is 11.1 Å². The highest BCUT2D eigenvalue weighted by Crippen LogP contribution is 2.18. The van der Waals surface area contributed by atoms with Crippen LogP contribution in [-0.2, 0) is 6.54 Å². The molecule has 0 aliphatic carbocycles. The minimum absolute atomic E-state index is 0.0933. The molecular formula is C13H8BrFN2O. The Bertz CT molecular complexity index is 688. The smallest absolute Gasteiger partial charge is 0.268 e. The van der Waals surface area contributed by atoms with Crippen LogP contribution >= 0.6 is 15.9 Å².